The lowest BCUT2D eigenvalue weighted by Gasteiger charge is -2.24. The summed E-state index contributed by atoms with van der Waals surface area (Å²) in [5.74, 6) is 0.535. The third kappa shape index (κ3) is 5.93. The molecule has 0 saturated heterocycles. The minimum atomic E-state index is -0.248. The highest BCUT2D eigenvalue weighted by Gasteiger charge is 2.15. The summed E-state index contributed by atoms with van der Waals surface area (Å²) in [4.78, 5) is 26.6. The Morgan fingerprint density at radius 3 is 2.00 bits per heavy atom. The molecule has 4 rings (SSSR count). The topological polar surface area (TPSA) is 100 Å². The number of nitrogens with zero attached hydrogens (tertiary/aromatic N) is 1. The second-order valence-electron chi connectivity index (χ2n) is 7.78. The number of phenolic OH excluding ortho intramolecular Hbond substituents is 1. The third-order valence-electron chi connectivity index (χ3n) is 5.46. The minimum absolute atomic E-state index is 0.156. The van der Waals surface area contributed by atoms with E-state index >= 15 is 0 Å². The monoisotopic (exact) mass is 449 g/mol. The Hall–Kier alpha value is -3.78. The van der Waals surface area contributed by atoms with E-state index in [1.807, 2.05) is 30.3 Å². The molecule has 3 aromatic rings. The zero-order chi connectivity index (χ0) is 23.0. The number of hydrogen-bond donors (Lipinski definition) is 3. The van der Waals surface area contributed by atoms with Crippen LogP contribution in [0.5, 0.6) is 17.2 Å². The average molecular weight is 450 g/mol. The van der Waals surface area contributed by atoms with Gasteiger partial charge < -0.3 is 25.2 Å². The Kier molecular flexibility index (Phi) is 7.26. The van der Waals surface area contributed by atoms with E-state index in [1.165, 1.54) is 0 Å². The number of carbonyl (C=O) groups excluding carboxylic acids is 2. The molecule has 0 spiro atoms. The molecule has 1 aliphatic rings. The predicted octanol–water partition coefficient (Wildman–Crippen LogP) is 2.05. The highest BCUT2D eigenvalue weighted by Crippen LogP contribution is 2.28. The van der Waals surface area contributed by atoms with Crippen molar-refractivity contribution in [3.05, 3.63) is 66.2 Å². The number of benzene rings is 3. The second kappa shape index (κ2) is 10.7. The summed E-state index contributed by atoms with van der Waals surface area (Å²) >= 11 is 0. The van der Waals surface area contributed by atoms with Gasteiger partial charge in [-0.2, -0.15) is 0 Å². The summed E-state index contributed by atoms with van der Waals surface area (Å²) in [5, 5.41) is 18.3. The number of para-hydroxylation sites is 2. The van der Waals surface area contributed by atoms with Gasteiger partial charge >= 0.3 is 0 Å². The fourth-order valence-electron chi connectivity index (χ4n) is 3.77. The lowest BCUT2D eigenvalue weighted by molar-refractivity contribution is -0.124. The number of hydrogen-bond acceptors (Lipinski definition) is 6. The first-order valence-electron chi connectivity index (χ1n) is 10.9. The van der Waals surface area contributed by atoms with Crippen LogP contribution in [-0.4, -0.2) is 61.2 Å². The minimum Gasteiger partial charge on any atom is -0.508 e. The summed E-state index contributed by atoms with van der Waals surface area (Å²) < 4.78 is 11.2. The summed E-state index contributed by atoms with van der Waals surface area (Å²) in [6.45, 7) is 2.04. The van der Waals surface area contributed by atoms with Crippen LogP contribution >= 0.6 is 0 Å². The number of rotatable bonds is 2. The maximum atomic E-state index is 12.3. The van der Waals surface area contributed by atoms with Crippen molar-refractivity contribution in [2.24, 2.45) is 0 Å². The quantitative estimate of drug-likeness (QED) is 0.554. The summed E-state index contributed by atoms with van der Waals surface area (Å²) in [6, 6.07) is 18.4. The van der Waals surface area contributed by atoms with E-state index in [0.29, 0.717) is 44.2 Å². The summed E-state index contributed by atoms with van der Waals surface area (Å²) in [7, 11) is 0. The summed E-state index contributed by atoms with van der Waals surface area (Å²) in [6.07, 6.45) is 0. The number of carbonyl (C=O) groups is 2. The van der Waals surface area contributed by atoms with Crippen LogP contribution in [0.1, 0.15) is 5.56 Å². The van der Waals surface area contributed by atoms with Gasteiger partial charge in [0, 0.05) is 38.3 Å². The molecular formula is C25H27N3O5. The molecule has 0 radical (unpaired) electrons. The van der Waals surface area contributed by atoms with Crippen LogP contribution in [0.2, 0.25) is 0 Å². The van der Waals surface area contributed by atoms with Crippen molar-refractivity contribution in [2.45, 2.75) is 6.54 Å². The molecule has 172 valence electrons. The van der Waals surface area contributed by atoms with Gasteiger partial charge in [-0.25, -0.2) is 0 Å². The smallest absolute Gasteiger partial charge is 0.257 e. The maximum Gasteiger partial charge on any atom is 0.257 e. The van der Waals surface area contributed by atoms with Gasteiger partial charge in [-0.1, -0.05) is 42.5 Å². The molecule has 3 aromatic carbocycles. The normalized spacial score (nSPS) is 16.4. The van der Waals surface area contributed by atoms with Crippen molar-refractivity contribution < 1.29 is 24.2 Å². The number of nitrogens with one attached hydrogen (secondary N) is 2. The average Bonchev–Trinajstić information content (AvgIpc) is 2.83. The van der Waals surface area contributed by atoms with Crippen LogP contribution < -0.4 is 20.1 Å². The van der Waals surface area contributed by atoms with Crippen LogP contribution in [0.3, 0.4) is 0 Å². The lowest BCUT2D eigenvalue weighted by Crippen LogP contribution is -2.40. The molecular weight excluding hydrogens is 422 g/mol. The summed E-state index contributed by atoms with van der Waals surface area (Å²) in [5.41, 5.74) is 0.811. The predicted molar refractivity (Wildman–Crippen MR) is 124 cm³/mol. The van der Waals surface area contributed by atoms with Crippen molar-refractivity contribution in [2.75, 3.05) is 39.4 Å². The van der Waals surface area contributed by atoms with E-state index in [4.69, 9.17) is 9.47 Å². The molecule has 8 nitrogen and oxygen atoms in total. The molecule has 0 saturated carbocycles. The molecule has 3 N–H and O–H groups in total. The van der Waals surface area contributed by atoms with Gasteiger partial charge in [0.1, 0.15) is 5.75 Å². The Labute approximate surface area is 192 Å². The molecule has 1 heterocycles. The second-order valence-corrected chi connectivity index (χ2v) is 7.78. The van der Waals surface area contributed by atoms with Crippen molar-refractivity contribution in [1.82, 2.24) is 15.5 Å². The number of aromatic hydroxyl groups is 1. The van der Waals surface area contributed by atoms with Crippen molar-refractivity contribution >= 4 is 22.6 Å². The van der Waals surface area contributed by atoms with Crippen LogP contribution in [0.15, 0.2) is 60.7 Å². The molecule has 1 aliphatic heterocycles. The SMILES string of the molecule is O=C1COc2ccccc2OCC(=O)NCCN(Cc2c(O)ccc3ccccc23)CCN1. The fraction of sp³-hybridized carbons (Fsp3) is 0.280. The van der Waals surface area contributed by atoms with Crippen LogP contribution in [0, 0.1) is 0 Å². The molecule has 33 heavy (non-hydrogen) atoms. The maximum absolute atomic E-state index is 12.3. The van der Waals surface area contributed by atoms with Crippen LogP contribution in [-0.2, 0) is 16.1 Å². The molecule has 0 unspecified atom stereocenters. The highest BCUT2D eigenvalue weighted by molar-refractivity contribution is 5.87. The Balaban J connectivity index is 1.48. The Morgan fingerprint density at radius 1 is 0.788 bits per heavy atom. The number of fused-ring (bicyclic) bond motifs is 2. The van der Waals surface area contributed by atoms with Gasteiger partial charge in [-0.05, 0) is 29.0 Å². The molecule has 0 aliphatic carbocycles. The Bertz CT molecular complexity index is 1090. The zero-order valence-corrected chi connectivity index (χ0v) is 18.3. The Morgan fingerprint density at radius 2 is 1.36 bits per heavy atom. The first kappa shape index (κ1) is 22.4. The first-order chi connectivity index (χ1) is 16.1. The number of phenols is 1. The van der Waals surface area contributed by atoms with Crippen molar-refractivity contribution in [3.63, 3.8) is 0 Å². The first-order valence-corrected chi connectivity index (χ1v) is 10.9. The van der Waals surface area contributed by atoms with E-state index in [9.17, 15) is 14.7 Å². The van der Waals surface area contributed by atoms with Gasteiger partial charge in [0.15, 0.2) is 24.7 Å². The van der Waals surface area contributed by atoms with Gasteiger partial charge in [-0.3, -0.25) is 14.5 Å². The van der Waals surface area contributed by atoms with Crippen LogP contribution in [0.25, 0.3) is 10.8 Å². The zero-order valence-electron chi connectivity index (χ0n) is 18.3. The largest absolute Gasteiger partial charge is 0.508 e. The van der Waals surface area contributed by atoms with Crippen molar-refractivity contribution in [1.29, 1.82) is 0 Å². The van der Waals surface area contributed by atoms with Gasteiger partial charge in [0.25, 0.3) is 11.8 Å². The fourth-order valence-corrected chi connectivity index (χ4v) is 3.77. The van der Waals surface area contributed by atoms with Gasteiger partial charge in [-0.15, -0.1) is 0 Å². The van der Waals surface area contributed by atoms with E-state index in [1.54, 1.807) is 30.3 Å². The molecule has 8 heteroatoms. The molecule has 0 bridgehead atoms. The lowest BCUT2D eigenvalue weighted by atomic mass is 10.0. The number of ether oxygens (including phenoxy) is 2. The van der Waals surface area contributed by atoms with E-state index in [0.717, 1.165) is 16.3 Å². The van der Waals surface area contributed by atoms with E-state index < -0.39 is 0 Å². The van der Waals surface area contributed by atoms with E-state index in [-0.39, 0.29) is 30.8 Å². The number of amides is 2. The van der Waals surface area contributed by atoms with E-state index in [2.05, 4.69) is 15.5 Å². The molecule has 0 fully saturated rings. The molecule has 0 atom stereocenters. The third-order valence-corrected chi connectivity index (χ3v) is 5.46. The van der Waals surface area contributed by atoms with Gasteiger partial charge in [0.05, 0.1) is 0 Å². The van der Waals surface area contributed by atoms with Gasteiger partial charge in [0.2, 0.25) is 0 Å². The highest BCUT2D eigenvalue weighted by atomic mass is 16.5. The van der Waals surface area contributed by atoms with Crippen LogP contribution in [0.4, 0.5) is 0 Å². The standard InChI is InChI=1S/C25H27N3O5/c29-21-10-9-18-5-1-2-6-19(18)20(21)15-28-13-11-26-24(30)16-32-22-7-3-4-8-23(22)33-17-25(31)27-12-14-28/h1-10,29H,11-17H2,(H,26,30)(H,27,31). The molecule has 2 amide bonds. The van der Waals surface area contributed by atoms with Crippen molar-refractivity contribution in [3.8, 4) is 17.2 Å². The molecule has 0 aromatic heterocycles.